The van der Waals surface area contributed by atoms with Crippen molar-refractivity contribution < 1.29 is 14.0 Å². The van der Waals surface area contributed by atoms with Crippen LogP contribution in [0.25, 0.3) is 11.3 Å². The molecule has 2 aliphatic rings. The van der Waals surface area contributed by atoms with Gasteiger partial charge in [0.05, 0.1) is 28.6 Å². The van der Waals surface area contributed by atoms with Crippen LogP contribution in [0.2, 0.25) is 21.6 Å². The van der Waals surface area contributed by atoms with Gasteiger partial charge in [-0.1, -0.05) is 98.2 Å². The lowest BCUT2D eigenvalue weighted by molar-refractivity contribution is 0.171. The molecule has 0 bridgehead atoms. The molecule has 11 nitrogen and oxygen atoms in total. The maximum absolute atomic E-state index is 13.9. The van der Waals surface area contributed by atoms with Crippen LogP contribution >= 0.6 is 11.6 Å². The van der Waals surface area contributed by atoms with E-state index in [1.807, 2.05) is 59.1 Å². The normalized spacial score (nSPS) is 17.7. The van der Waals surface area contributed by atoms with Crippen LogP contribution in [0, 0.1) is 0 Å². The van der Waals surface area contributed by atoms with E-state index in [2.05, 4.69) is 100 Å². The third-order valence-corrected chi connectivity index (χ3v) is 18.2. The molecule has 1 fully saturated rings. The van der Waals surface area contributed by atoms with Gasteiger partial charge < -0.3 is 19.4 Å². The number of ether oxygens (including phenoxy) is 1. The Labute approximate surface area is 343 Å². The van der Waals surface area contributed by atoms with Crippen molar-refractivity contribution in [2.45, 2.75) is 129 Å². The minimum Gasteiger partial charge on any atom is -0.542 e. The van der Waals surface area contributed by atoms with E-state index in [1.165, 1.54) is 6.42 Å². The topological polar surface area (TPSA) is 111 Å². The molecular formula is C44H59ClN8O3Si. The minimum absolute atomic E-state index is 0.171. The summed E-state index contributed by atoms with van der Waals surface area (Å²) in [6.07, 6.45) is 6.84. The highest BCUT2D eigenvalue weighted by Crippen LogP contribution is 2.45. The zero-order chi connectivity index (χ0) is 40.6. The van der Waals surface area contributed by atoms with Crippen LogP contribution in [0.15, 0.2) is 66.9 Å². The Morgan fingerprint density at radius 3 is 2.26 bits per heavy atom. The molecule has 1 aliphatic heterocycles. The van der Waals surface area contributed by atoms with Crippen LogP contribution in [0.3, 0.4) is 0 Å². The molecule has 2 N–H and O–H groups in total. The second kappa shape index (κ2) is 16.4. The van der Waals surface area contributed by atoms with E-state index >= 15 is 0 Å². The van der Waals surface area contributed by atoms with Gasteiger partial charge in [-0.2, -0.15) is 5.10 Å². The predicted octanol–water partition coefficient (Wildman–Crippen LogP) is 11.2. The van der Waals surface area contributed by atoms with Crippen molar-refractivity contribution in [1.82, 2.24) is 29.7 Å². The summed E-state index contributed by atoms with van der Waals surface area (Å²) < 4.78 is 17.6. The summed E-state index contributed by atoms with van der Waals surface area (Å²) in [6.45, 7) is 21.9. The molecule has 7 rings (SSSR count). The molecule has 1 saturated heterocycles. The number of pyridine rings is 1. The number of aromatic nitrogens is 5. The number of anilines is 2. The summed E-state index contributed by atoms with van der Waals surface area (Å²) in [4.78, 5) is 16.3. The van der Waals surface area contributed by atoms with E-state index in [4.69, 9.17) is 25.9 Å². The molecule has 3 aromatic heterocycles. The van der Waals surface area contributed by atoms with Crippen molar-refractivity contribution in [3.8, 4) is 17.2 Å². The number of nitrogens with one attached hydrogen (secondary N) is 2. The van der Waals surface area contributed by atoms with Gasteiger partial charge >= 0.3 is 6.03 Å². The number of rotatable bonds is 11. The van der Waals surface area contributed by atoms with Gasteiger partial charge in [0.2, 0.25) is 5.95 Å². The van der Waals surface area contributed by atoms with E-state index in [-0.39, 0.29) is 23.6 Å². The van der Waals surface area contributed by atoms with Crippen molar-refractivity contribution in [1.29, 1.82) is 0 Å². The molecule has 2 atom stereocenters. The molecule has 0 spiro atoms. The molecule has 13 heteroatoms. The maximum Gasteiger partial charge on any atom is 0.320 e. The monoisotopic (exact) mass is 810 g/mol. The zero-order valence-corrected chi connectivity index (χ0v) is 36.7. The molecule has 57 heavy (non-hydrogen) atoms. The number of piperidine rings is 1. The molecule has 2 aromatic carbocycles. The van der Waals surface area contributed by atoms with E-state index in [0.717, 1.165) is 72.2 Å². The average Bonchev–Trinajstić information content (AvgIpc) is 3.80. The van der Waals surface area contributed by atoms with Gasteiger partial charge in [0.1, 0.15) is 23.4 Å². The van der Waals surface area contributed by atoms with Gasteiger partial charge in [-0.25, -0.2) is 9.48 Å². The summed E-state index contributed by atoms with van der Waals surface area (Å²) in [5.74, 6) is 2.83. The molecule has 0 saturated carbocycles. The van der Waals surface area contributed by atoms with Gasteiger partial charge in [0, 0.05) is 30.6 Å². The van der Waals surface area contributed by atoms with Crippen molar-refractivity contribution in [3.63, 3.8) is 0 Å². The molecular weight excluding hydrogens is 752 g/mol. The van der Waals surface area contributed by atoms with Gasteiger partial charge in [0.15, 0.2) is 5.65 Å². The Hall–Kier alpha value is -4.55. The summed E-state index contributed by atoms with van der Waals surface area (Å²) in [5, 5.41) is 20.9. The number of carbonyl (C=O) groups excluding carboxylic acids is 1. The number of halogens is 1. The van der Waals surface area contributed by atoms with Gasteiger partial charge in [-0.3, -0.25) is 9.72 Å². The third-order valence-electron chi connectivity index (χ3n) is 11.9. The molecule has 4 heterocycles. The fourth-order valence-electron chi connectivity index (χ4n) is 9.02. The standard InChI is InChI=1S/C44H59ClN8O3Si/c1-28(2)57(29(3)4,30(5)6)56-38-25-31(17-19-35(38)45)53-41(26-39(50-53)44(7,8)9)47-42(54)46-36-20-21-37(34-16-12-11-15-33(34)36)55-32-18-22-40-48-49-43(52(40)27-32)51-23-13-10-14-24-51/h11-12,15-19,22,25-30,36-37H,10,13-14,20-21,23-24H2,1-9H3,(H2,46,47,54)/t36-,37+/m0/s1. The summed E-state index contributed by atoms with van der Waals surface area (Å²) >= 11 is 6.84. The minimum atomic E-state index is -2.30. The number of carbonyl (C=O) groups is 1. The molecule has 1 aliphatic carbocycles. The average molecular weight is 812 g/mol. The van der Waals surface area contributed by atoms with Crippen molar-refractivity contribution in [3.05, 3.63) is 88.7 Å². The predicted molar refractivity (Wildman–Crippen MR) is 232 cm³/mol. The third kappa shape index (κ3) is 8.25. The number of benzene rings is 2. The van der Waals surface area contributed by atoms with E-state index in [0.29, 0.717) is 39.6 Å². The first-order valence-corrected chi connectivity index (χ1v) is 23.2. The van der Waals surface area contributed by atoms with Crippen molar-refractivity contribution in [2.24, 2.45) is 0 Å². The highest BCUT2D eigenvalue weighted by Gasteiger charge is 2.47. The first-order chi connectivity index (χ1) is 27.1. The lowest BCUT2D eigenvalue weighted by atomic mass is 9.85. The lowest BCUT2D eigenvalue weighted by Crippen LogP contribution is -2.50. The Bertz CT molecular complexity index is 2180. The fourth-order valence-corrected chi connectivity index (χ4v) is 14.5. The van der Waals surface area contributed by atoms with Gasteiger partial charge in [0.25, 0.3) is 8.32 Å². The van der Waals surface area contributed by atoms with Crippen molar-refractivity contribution in [2.75, 3.05) is 23.3 Å². The quantitative estimate of drug-likeness (QED) is 0.128. The number of amides is 2. The number of hydrogen-bond donors (Lipinski definition) is 2. The first kappa shape index (κ1) is 40.6. The Kier molecular flexibility index (Phi) is 11.7. The number of nitrogens with zero attached hydrogens (tertiary/aromatic N) is 6. The Morgan fingerprint density at radius 1 is 0.877 bits per heavy atom. The van der Waals surface area contributed by atoms with E-state index < -0.39 is 8.32 Å². The SMILES string of the molecule is CC(C)[Si](Oc1cc(-n2nc(C(C)(C)C)cc2NC(=O)N[C@H]2CC[C@@H](Oc3ccc4nnc(N5CCCCC5)n4c3)c3ccccc32)ccc1Cl)(C(C)C)C(C)C. The summed E-state index contributed by atoms with van der Waals surface area (Å²) in [5.41, 5.74) is 5.39. The van der Waals surface area contributed by atoms with Gasteiger partial charge in [-0.05, 0) is 84.1 Å². The molecule has 2 amide bonds. The summed E-state index contributed by atoms with van der Waals surface area (Å²) in [6, 6.07) is 19.3. The second-order valence-corrected chi connectivity index (χ2v) is 23.5. The van der Waals surface area contributed by atoms with Crippen LogP contribution in [0.1, 0.15) is 123 Å². The Morgan fingerprint density at radius 2 is 1.58 bits per heavy atom. The largest absolute Gasteiger partial charge is 0.542 e. The van der Waals surface area contributed by atoms with Gasteiger partial charge in [-0.15, -0.1) is 10.2 Å². The van der Waals surface area contributed by atoms with Crippen LogP contribution in [0.5, 0.6) is 11.5 Å². The highest BCUT2D eigenvalue weighted by atomic mass is 35.5. The molecule has 5 aromatic rings. The number of hydrogen-bond acceptors (Lipinski definition) is 7. The number of fused-ring (bicyclic) bond motifs is 2. The zero-order valence-electron chi connectivity index (χ0n) is 35.0. The summed E-state index contributed by atoms with van der Waals surface area (Å²) in [7, 11) is -2.30. The van der Waals surface area contributed by atoms with Crippen LogP contribution in [-0.2, 0) is 5.41 Å². The maximum atomic E-state index is 13.9. The smallest absolute Gasteiger partial charge is 0.320 e. The van der Waals surface area contributed by atoms with E-state index in [1.54, 1.807) is 4.68 Å². The van der Waals surface area contributed by atoms with Crippen LogP contribution in [0.4, 0.5) is 16.6 Å². The molecule has 0 radical (unpaired) electrons. The fraction of sp³-hybridized carbons (Fsp3) is 0.500. The molecule has 0 unspecified atom stereocenters. The highest BCUT2D eigenvalue weighted by molar-refractivity contribution is 6.78. The lowest BCUT2D eigenvalue weighted by Gasteiger charge is -2.42. The van der Waals surface area contributed by atoms with Crippen LogP contribution < -0.4 is 24.7 Å². The number of urea groups is 1. The van der Waals surface area contributed by atoms with Crippen LogP contribution in [-0.4, -0.2) is 51.8 Å². The van der Waals surface area contributed by atoms with Crippen molar-refractivity contribution >= 4 is 43.4 Å². The second-order valence-electron chi connectivity index (χ2n) is 17.7. The molecule has 304 valence electrons. The Balaban J connectivity index is 1.11. The van der Waals surface area contributed by atoms with E-state index in [9.17, 15) is 4.79 Å². The first-order valence-electron chi connectivity index (χ1n) is 20.7.